The highest BCUT2D eigenvalue weighted by Crippen LogP contribution is 2.18. The van der Waals surface area contributed by atoms with Crippen LogP contribution >= 0.6 is 11.3 Å². The van der Waals surface area contributed by atoms with E-state index < -0.39 is 10.0 Å². The molecule has 0 atom stereocenters. The molecule has 0 bridgehead atoms. The van der Waals surface area contributed by atoms with E-state index in [0.29, 0.717) is 32.8 Å². The van der Waals surface area contributed by atoms with Crippen molar-refractivity contribution in [2.24, 2.45) is 0 Å². The number of rotatable bonds is 9. The Balaban J connectivity index is 1.42. The Labute approximate surface area is 181 Å². The van der Waals surface area contributed by atoms with Gasteiger partial charge in [-0.05, 0) is 50.0 Å². The minimum absolute atomic E-state index is 0.162. The highest BCUT2D eigenvalue weighted by Gasteiger charge is 2.25. The third-order valence-corrected chi connectivity index (χ3v) is 7.64. The van der Waals surface area contributed by atoms with Gasteiger partial charge in [0.1, 0.15) is 0 Å². The summed E-state index contributed by atoms with van der Waals surface area (Å²) in [6.45, 7) is 4.17. The largest absolute Gasteiger partial charge is 0.379 e. The van der Waals surface area contributed by atoms with Crippen molar-refractivity contribution in [3.63, 3.8) is 0 Å². The quantitative estimate of drug-likeness (QED) is 0.470. The monoisotopic (exact) mass is 449 g/mol. The topological polar surface area (TPSA) is 88.6 Å². The van der Waals surface area contributed by atoms with Crippen LogP contribution < -0.4 is 5.32 Å². The van der Waals surface area contributed by atoms with E-state index >= 15 is 0 Å². The number of morpholine rings is 1. The SMILES string of the molecule is Cc1csc(CCCCNC(=O)/C=C/c2ccc(S(=O)(=O)N3CCOCC3)cc2)n1. The molecule has 1 aromatic heterocycles. The first-order valence-electron chi connectivity index (χ1n) is 10.00. The summed E-state index contributed by atoms with van der Waals surface area (Å²) in [7, 11) is -3.50. The van der Waals surface area contributed by atoms with Crippen LogP contribution in [0.3, 0.4) is 0 Å². The fourth-order valence-electron chi connectivity index (χ4n) is 3.05. The first kappa shape index (κ1) is 22.6. The summed E-state index contributed by atoms with van der Waals surface area (Å²) in [6.07, 6.45) is 5.96. The van der Waals surface area contributed by atoms with Crippen LogP contribution in [-0.4, -0.2) is 56.5 Å². The number of sulfonamides is 1. The Morgan fingerprint density at radius 2 is 1.97 bits per heavy atom. The van der Waals surface area contributed by atoms with Gasteiger partial charge in [-0.25, -0.2) is 13.4 Å². The molecule has 2 heterocycles. The van der Waals surface area contributed by atoms with Crippen LogP contribution in [0.2, 0.25) is 0 Å². The summed E-state index contributed by atoms with van der Waals surface area (Å²) in [6, 6.07) is 6.55. The molecule has 1 aliphatic rings. The number of benzene rings is 1. The lowest BCUT2D eigenvalue weighted by Gasteiger charge is -2.26. The molecular weight excluding hydrogens is 422 g/mol. The van der Waals surface area contributed by atoms with Crippen LogP contribution in [0, 0.1) is 6.92 Å². The number of carbonyl (C=O) groups excluding carboxylic acids is 1. The molecule has 162 valence electrons. The number of nitrogens with one attached hydrogen (secondary N) is 1. The maximum atomic E-state index is 12.6. The molecule has 7 nitrogen and oxygen atoms in total. The molecule has 2 aromatic rings. The van der Waals surface area contributed by atoms with Gasteiger partial charge in [0.05, 0.1) is 23.1 Å². The van der Waals surface area contributed by atoms with Crippen molar-refractivity contribution in [2.75, 3.05) is 32.8 Å². The highest BCUT2D eigenvalue weighted by molar-refractivity contribution is 7.89. The van der Waals surface area contributed by atoms with Crippen LogP contribution in [0.5, 0.6) is 0 Å². The third kappa shape index (κ3) is 6.46. The lowest BCUT2D eigenvalue weighted by molar-refractivity contribution is -0.116. The molecule has 0 saturated carbocycles. The molecule has 1 amide bonds. The maximum Gasteiger partial charge on any atom is 0.243 e. The number of unbranched alkanes of at least 4 members (excludes halogenated alkanes) is 1. The van der Waals surface area contributed by atoms with E-state index in [2.05, 4.69) is 10.3 Å². The van der Waals surface area contributed by atoms with Crippen molar-refractivity contribution >= 4 is 33.3 Å². The molecule has 0 aliphatic carbocycles. The zero-order chi connectivity index (χ0) is 21.4. The van der Waals surface area contributed by atoms with Gasteiger partial charge < -0.3 is 10.1 Å². The van der Waals surface area contributed by atoms with E-state index in [9.17, 15) is 13.2 Å². The second-order valence-corrected chi connectivity index (χ2v) is 9.93. The lowest BCUT2D eigenvalue weighted by Crippen LogP contribution is -2.40. The molecule has 1 aliphatic heterocycles. The van der Waals surface area contributed by atoms with Crippen LogP contribution in [-0.2, 0) is 26.0 Å². The summed E-state index contributed by atoms with van der Waals surface area (Å²) in [5.74, 6) is -0.162. The number of hydrogen-bond acceptors (Lipinski definition) is 6. The lowest BCUT2D eigenvalue weighted by atomic mass is 10.2. The molecule has 1 saturated heterocycles. The molecule has 0 spiro atoms. The van der Waals surface area contributed by atoms with Gasteiger partial charge in [-0.1, -0.05) is 12.1 Å². The number of aromatic nitrogens is 1. The summed E-state index contributed by atoms with van der Waals surface area (Å²) in [5, 5.41) is 6.05. The fraction of sp³-hybridized carbons (Fsp3) is 0.429. The number of hydrogen-bond donors (Lipinski definition) is 1. The van der Waals surface area contributed by atoms with Gasteiger partial charge in [0.2, 0.25) is 15.9 Å². The molecule has 0 unspecified atom stereocenters. The first-order valence-corrected chi connectivity index (χ1v) is 12.3. The van der Waals surface area contributed by atoms with Gasteiger partial charge in [-0.3, -0.25) is 4.79 Å². The number of aryl methyl sites for hydroxylation is 2. The summed E-state index contributed by atoms with van der Waals surface area (Å²) >= 11 is 1.67. The van der Waals surface area contributed by atoms with Crippen LogP contribution in [0.4, 0.5) is 0 Å². The normalized spacial score (nSPS) is 15.5. The number of nitrogens with zero attached hydrogens (tertiary/aromatic N) is 2. The van der Waals surface area contributed by atoms with Crippen molar-refractivity contribution in [1.82, 2.24) is 14.6 Å². The standard InChI is InChI=1S/C21H27N3O4S2/c1-17-16-29-21(23-17)4-2-3-11-22-20(25)10-7-18-5-8-19(9-6-18)30(26,27)24-12-14-28-15-13-24/h5-10,16H,2-4,11-15H2,1H3,(H,22,25)/b10-7+. The van der Waals surface area contributed by atoms with Gasteiger partial charge in [-0.2, -0.15) is 4.31 Å². The average Bonchev–Trinajstić information content (AvgIpc) is 3.18. The Bertz CT molecular complexity index is 962. The number of carbonyl (C=O) groups is 1. The van der Waals surface area contributed by atoms with Crippen molar-refractivity contribution in [2.45, 2.75) is 31.1 Å². The second kappa shape index (κ2) is 10.8. The molecular formula is C21H27N3O4S2. The van der Waals surface area contributed by atoms with Crippen molar-refractivity contribution in [1.29, 1.82) is 0 Å². The molecule has 0 radical (unpaired) electrons. The maximum absolute atomic E-state index is 12.6. The Morgan fingerprint density at radius 3 is 2.63 bits per heavy atom. The van der Waals surface area contributed by atoms with Gasteiger partial charge in [-0.15, -0.1) is 11.3 Å². The minimum Gasteiger partial charge on any atom is -0.379 e. The Kier molecular flexibility index (Phi) is 8.15. The van der Waals surface area contributed by atoms with Gasteiger partial charge in [0.25, 0.3) is 0 Å². The van der Waals surface area contributed by atoms with E-state index in [0.717, 1.165) is 35.5 Å². The molecule has 1 fully saturated rings. The molecule has 1 N–H and O–H groups in total. The molecule has 3 rings (SSSR count). The number of amides is 1. The smallest absolute Gasteiger partial charge is 0.243 e. The minimum atomic E-state index is -3.50. The van der Waals surface area contributed by atoms with E-state index in [1.54, 1.807) is 41.7 Å². The van der Waals surface area contributed by atoms with Gasteiger partial charge in [0, 0.05) is 36.8 Å². The van der Waals surface area contributed by atoms with Gasteiger partial charge in [0.15, 0.2) is 0 Å². The molecule has 30 heavy (non-hydrogen) atoms. The summed E-state index contributed by atoms with van der Waals surface area (Å²) < 4.78 is 31.9. The Hall–Kier alpha value is -2.07. The predicted molar refractivity (Wildman–Crippen MR) is 118 cm³/mol. The second-order valence-electron chi connectivity index (χ2n) is 7.05. The summed E-state index contributed by atoms with van der Waals surface area (Å²) in [5.41, 5.74) is 1.82. The number of thiazole rings is 1. The zero-order valence-electron chi connectivity index (χ0n) is 17.0. The first-order chi connectivity index (χ1) is 14.4. The van der Waals surface area contributed by atoms with E-state index in [-0.39, 0.29) is 10.8 Å². The Morgan fingerprint density at radius 1 is 1.23 bits per heavy atom. The predicted octanol–water partition coefficient (Wildman–Crippen LogP) is 2.62. The van der Waals surface area contributed by atoms with E-state index in [1.807, 2.05) is 12.3 Å². The molecule has 9 heteroatoms. The number of ether oxygens (including phenoxy) is 1. The van der Waals surface area contributed by atoms with Crippen molar-refractivity contribution in [3.05, 3.63) is 52.0 Å². The fourth-order valence-corrected chi connectivity index (χ4v) is 5.27. The van der Waals surface area contributed by atoms with Crippen molar-refractivity contribution < 1.29 is 17.9 Å². The molecule has 1 aromatic carbocycles. The zero-order valence-corrected chi connectivity index (χ0v) is 18.7. The van der Waals surface area contributed by atoms with E-state index in [1.165, 1.54) is 10.4 Å². The third-order valence-electron chi connectivity index (χ3n) is 4.70. The van der Waals surface area contributed by atoms with Gasteiger partial charge >= 0.3 is 0 Å². The van der Waals surface area contributed by atoms with Crippen LogP contribution in [0.1, 0.15) is 29.1 Å². The van der Waals surface area contributed by atoms with E-state index in [4.69, 9.17) is 4.74 Å². The average molecular weight is 450 g/mol. The van der Waals surface area contributed by atoms with Crippen LogP contribution in [0.25, 0.3) is 6.08 Å². The summed E-state index contributed by atoms with van der Waals surface area (Å²) in [4.78, 5) is 16.6. The van der Waals surface area contributed by atoms with Crippen LogP contribution in [0.15, 0.2) is 40.6 Å². The highest BCUT2D eigenvalue weighted by atomic mass is 32.2. The van der Waals surface area contributed by atoms with Crippen molar-refractivity contribution in [3.8, 4) is 0 Å².